The Morgan fingerprint density at radius 3 is 3.11 bits per heavy atom. The standard InChI is InChI=1S/C21H23ClN4O2/c1-25(13-16-4-2-8-23-12-16)20(27)10-15-5-3-9-26(14-15)21-24-18-7-6-17(22)11-19(18)28-21/h2,4,6-8,11-12,15H,3,5,9-10,13-14H2,1H3. The number of benzene rings is 1. The SMILES string of the molecule is CN(Cc1cccnc1)C(=O)CC1CCCN(c2nc3ccc(Cl)cc3o2)C1. The number of hydrogen-bond donors (Lipinski definition) is 0. The van der Waals surface area contributed by atoms with Crippen molar-refractivity contribution in [2.45, 2.75) is 25.8 Å². The van der Waals surface area contributed by atoms with E-state index in [9.17, 15) is 4.79 Å². The number of fused-ring (bicyclic) bond motifs is 1. The van der Waals surface area contributed by atoms with E-state index >= 15 is 0 Å². The fourth-order valence-corrected chi connectivity index (χ4v) is 3.85. The van der Waals surface area contributed by atoms with Gasteiger partial charge in [0.1, 0.15) is 5.52 Å². The van der Waals surface area contributed by atoms with Gasteiger partial charge in [-0.25, -0.2) is 0 Å². The summed E-state index contributed by atoms with van der Waals surface area (Å²) < 4.78 is 5.90. The normalized spacial score (nSPS) is 17.1. The summed E-state index contributed by atoms with van der Waals surface area (Å²) in [6.07, 6.45) is 6.12. The van der Waals surface area contributed by atoms with E-state index in [1.807, 2.05) is 31.3 Å². The fourth-order valence-electron chi connectivity index (χ4n) is 3.68. The highest BCUT2D eigenvalue weighted by Crippen LogP contribution is 2.29. The van der Waals surface area contributed by atoms with Gasteiger partial charge in [0, 0.05) is 56.6 Å². The average molecular weight is 399 g/mol. The fraction of sp³-hybridized carbons (Fsp3) is 0.381. The minimum Gasteiger partial charge on any atom is -0.423 e. The molecule has 1 aliphatic rings. The van der Waals surface area contributed by atoms with Crippen molar-refractivity contribution in [2.75, 3.05) is 25.0 Å². The molecular weight excluding hydrogens is 376 g/mol. The number of amides is 1. The molecule has 0 radical (unpaired) electrons. The molecule has 1 saturated heterocycles. The molecule has 3 aromatic rings. The van der Waals surface area contributed by atoms with Gasteiger partial charge < -0.3 is 14.2 Å². The topological polar surface area (TPSA) is 62.5 Å². The van der Waals surface area contributed by atoms with Crippen molar-refractivity contribution in [3.63, 3.8) is 0 Å². The molecule has 0 saturated carbocycles. The predicted molar refractivity (Wildman–Crippen MR) is 109 cm³/mol. The van der Waals surface area contributed by atoms with E-state index in [1.165, 1.54) is 0 Å². The molecule has 1 aromatic carbocycles. The summed E-state index contributed by atoms with van der Waals surface area (Å²) >= 11 is 6.03. The molecule has 2 aromatic heterocycles. The minimum absolute atomic E-state index is 0.153. The van der Waals surface area contributed by atoms with Crippen LogP contribution in [0, 0.1) is 5.92 Å². The number of pyridine rings is 1. The molecule has 1 aliphatic heterocycles. The third-order valence-electron chi connectivity index (χ3n) is 5.16. The molecule has 0 N–H and O–H groups in total. The van der Waals surface area contributed by atoms with Crippen molar-refractivity contribution < 1.29 is 9.21 Å². The summed E-state index contributed by atoms with van der Waals surface area (Å²) in [4.78, 5) is 25.3. The van der Waals surface area contributed by atoms with Gasteiger partial charge >= 0.3 is 0 Å². The number of piperidine rings is 1. The van der Waals surface area contributed by atoms with Crippen LogP contribution in [0.15, 0.2) is 47.1 Å². The van der Waals surface area contributed by atoms with Crippen molar-refractivity contribution in [1.29, 1.82) is 0 Å². The van der Waals surface area contributed by atoms with Crippen LogP contribution in [0.25, 0.3) is 11.1 Å². The number of halogens is 1. The van der Waals surface area contributed by atoms with E-state index in [0.717, 1.165) is 37.0 Å². The van der Waals surface area contributed by atoms with Crippen LogP contribution in [0.5, 0.6) is 0 Å². The summed E-state index contributed by atoms with van der Waals surface area (Å²) in [5, 5.41) is 0.633. The van der Waals surface area contributed by atoms with Gasteiger partial charge in [-0.05, 0) is 42.5 Å². The molecule has 3 heterocycles. The zero-order valence-corrected chi connectivity index (χ0v) is 16.6. The first kappa shape index (κ1) is 18.7. The van der Waals surface area contributed by atoms with Crippen molar-refractivity contribution in [3.8, 4) is 0 Å². The van der Waals surface area contributed by atoms with Gasteiger partial charge in [-0.1, -0.05) is 17.7 Å². The number of anilines is 1. The van der Waals surface area contributed by atoms with Crippen LogP contribution in [0.3, 0.4) is 0 Å². The van der Waals surface area contributed by atoms with Gasteiger partial charge in [-0.15, -0.1) is 0 Å². The Labute approximate surface area is 169 Å². The molecule has 1 atom stereocenters. The second-order valence-corrected chi connectivity index (χ2v) is 7.81. The monoisotopic (exact) mass is 398 g/mol. The first-order valence-electron chi connectivity index (χ1n) is 9.52. The van der Waals surface area contributed by atoms with Gasteiger partial charge in [0.2, 0.25) is 5.91 Å². The quantitative estimate of drug-likeness (QED) is 0.646. The summed E-state index contributed by atoms with van der Waals surface area (Å²) in [7, 11) is 1.85. The molecule has 1 fully saturated rings. The van der Waals surface area contributed by atoms with Crippen LogP contribution in [0.2, 0.25) is 5.02 Å². The molecule has 7 heteroatoms. The summed E-state index contributed by atoms with van der Waals surface area (Å²) in [5.41, 5.74) is 2.53. The zero-order chi connectivity index (χ0) is 19.5. The number of carbonyl (C=O) groups excluding carboxylic acids is 1. The number of rotatable bonds is 5. The highest BCUT2D eigenvalue weighted by Gasteiger charge is 2.26. The van der Waals surface area contributed by atoms with E-state index in [1.54, 1.807) is 23.4 Å². The second-order valence-electron chi connectivity index (χ2n) is 7.38. The average Bonchev–Trinajstić information content (AvgIpc) is 3.12. The lowest BCUT2D eigenvalue weighted by molar-refractivity contribution is -0.131. The Bertz CT molecular complexity index is 959. The third-order valence-corrected chi connectivity index (χ3v) is 5.40. The molecule has 1 unspecified atom stereocenters. The maximum atomic E-state index is 12.7. The van der Waals surface area contributed by atoms with Crippen molar-refractivity contribution in [2.24, 2.45) is 5.92 Å². The van der Waals surface area contributed by atoms with Gasteiger partial charge in [0.05, 0.1) is 0 Å². The molecular formula is C21H23ClN4O2. The van der Waals surface area contributed by atoms with Crippen molar-refractivity contribution in [1.82, 2.24) is 14.9 Å². The first-order valence-corrected chi connectivity index (χ1v) is 9.90. The van der Waals surface area contributed by atoms with E-state index in [0.29, 0.717) is 29.6 Å². The minimum atomic E-state index is 0.153. The van der Waals surface area contributed by atoms with Gasteiger partial charge in [0.25, 0.3) is 6.01 Å². The second kappa shape index (κ2) is 8.19. The van der Waals surface area contributed by atoms with Crippen LogP contribution in [0.4, 0.5) is 6.01 Å². The molecule has 0 aliphatic carbocycles. The Morgan fingerprint density at radius 1 is 1.39 bits per heavy atom. The molecule has 146 valence electrons. The van der Waals surface area contributed by atoms with E-state index in [4.69, 9.17) is 16.0 Å². The molecule has 6 nitrogen and oxygen atoms in total. The maximum absolute atomic E-state index is 12.7. The van der Waals surface area contributed by atoms with Crippen LogP contribution in [-0.2, 0) is 11.3 Å². The Kier molecular flexibility index (Phi) is 5.48. The van der Waals surface area contributed by atoms with Gasteiger partial charge in [-0.2, -0.15) is 4.98 Å². The summed E-state index contributed by atoms with van der Waals surface area (Å²) in [6, 6.07) is 9.94. The van der Waals surface area contributed by atoms with Crippen LogP contribution in [-0.4, -0.2) is 40.9 Å². The highest BCUT2D eigenvalue weighted by atomic mass is 35.5. The molecule has 4 rings (SSSR count). The number of hydrogen-bond acceptors (Lipinski definition) is 5. The first-order chi connectivity index (χ1) is 13.6. The largest absolute Gasteiger partial charge is 0.423 e. The van der Waals surface area contributed by atoms with Gasteiger partial charge in [0.15, 0.2) is 5.58 Å². The molecule has 28 heavy (non-hydrogen) atoms. The molecule has 1 amide bonds. The van der Waals surface area contributed by atoms with E-state index in [-0.39, 0.29) is 11.8 Å². The van der Waals surface area contributed by atoms with Crippen LogP contribution < -0.4 is 4.90 Å². The van der Waals surface area contributed by atoms with Crippen molar-refractivity contribution in [3.05, 3.63) is 53.3 Å². The number of carbonyl (C=O) groups is 1. The van der Waals surface area contributed by atoms with E-state index < -0.39 is 0 Å². The number of nitrogens with zero attached hydrogens (tertiary/aromatic N) is 4. The summed E-state index contributed by atoms with van der Waals surface area (Å²) in [6.45, 7) is 2.23. The maximum Gasteiger partial charge on any atom is 0.298 e. The summed E-state index contributed by atoms with van der Waals surface area (Å²) in [5.74, 6) is 0.441. The molecule has 0 spiro atoms. The lowest BCUT2D eigenvalue weighted by Crippen LogP contribution is -2.38. The third kappa shape index (κ3) is 4.28. The highest BCUT2D eigenvalue weighted by molar-refractivity contribution is 6.31. The lowest BCUT2D eigenvalue weighted by Gasteiger charge is -2.32. The number of aromatic nitrogens is 2. The Balaban J connectivity index is 1.38. The molecule has 0 bridgehead atoms. The smallest absolute Gasteiger partial charge is 0.298 e. The Morgan fingerprint density at radius 2 is 2.29 bits per heavy atom. The number of oxazole rings is 1. The zero-order valence-electron chi connectivity index (χ0n) is 15.8. The van der Waals surface area contributed by atoms with Crippen LogP contribution in [0.1, 0.15) is 24.8 Å². The van der Waals surface area contributed by atoms with E-state index in [2.05, 4.69) is 14.9 Å². The Hall–Kier alpha value is -2.60. The van der Waals surface area contributed by atoms with Gasteiger partial charge in [-0.3, -0.25) is 9.78 Å². The predicted octanol–water partition coefficient (Wildman–Crippen LogP) is 4.14. The lowest BCUT2D eigenvalue weighted by atomic mass is 9.94. The van der Waals surface area contributed by atoms with Crippen LogP contribution >= 0.6 is 11.6 Å². The van der Waals surface area contributed by atoms with Crippen molar-refractivity contribution >= 4 is 34.6 Å².